The lowest BCUT2D eigenvalue weighted by Gasteiger charge is -2.58. The molecule has 0 radical (unpaired) electrons. The second-order valence-corrected chi connectivity index (χ2v) is 19.1. The Hall–Kier alpha value is -2.43. The molecular formula is C44H65N3O6. The van der Waals surface area contributed by atoms with E-state index >= 15 is 0 Å². The molecule has 1 aromatic heterocycles. The van der Waals surface area contributed by atoms with Crippen molar-refractivity contribution in [3.8, 4) is 0 Å². The first kappa shape index (κ1) is 37.5. The summed E-state index contributed by atoms with van der Waals surface area (Å²) in [5, 5.41) is 48.4. The van der Waals surface area contributed by atoms with Crippen molar-refractivity contribution in [2.75, 3.05) is 13.2 Å². The Balaban J connectivity index is 0.887. The molecule has 5 aliphatic carbocycles. The third-order valence-electron chi connectivity index (χ3n) is 15.8. The highest BCUT2D eigenvalue weighted by Gasteiger charge is 2.67. The fourth-order valence-corrected chi connectivity index (χ4v) is 12.8. The van der Waals surface area contributed by atoms with Gasteiger partial charge >= 0.3 is 0 Å². The quantitative estimate of drug-likeness (QED) is 0.0516. The van der Waals surface area contributed by atoms with E-state index in [2.05, 4.69) is 36.3 Å². The van der Waals surface area contributed by atoms with Crippen molar-refractivity contribution in [3.63, 3.8) is 0 Å². The molecule has 9 nitrogen and oxygen atoms in total. The summed E-state index contributed by atoms with van der Waals surface area (Å²) >= 11 is 0. The zero-order valence-electron chi connectivity index (χ0n) is 32.1. The van der Waals surface area contributed by atoms with Gasteiger partial charge in [0.15, 0.2) is 5.96 Å². The highest BCUT2D eigenvalue weighted by molar-refractivity contribution is 5.84. The average molecular weight is 732 g/mol. The number of ether oxygens (including phenoxy) is 1. The van der Waals surface area contributed by atoms with Gasteiger partial charge < -0.3 is 40.6 Å². The Morgan fingerprint density at radius 3 is 2.77 bits per heavy atom. The normalized spacial score (nSPS) is 42.8. The molecule has 0 bridgehead atoms. The van der Waals surface area contributed by atoms with Crippen LogP contribution in [0, 0.1) is 40.4 Å². The van der Waals surface area contributed by atoms with Crippen LogP contribution in [0.25, 0.3) is 10.8 Å². The van der Waals surface area contributed by atoms with Crippen LogP contribution in [-0.2, 0) is 11.2 Å². The van der Waals surface area contributed by atoms with E-state index in [0.29, 0.717) is 42.6 Å². The summed E-state index contributed by atoms with van der Waals surface area (Å²) in [6.45, 7) is 5.47. The number of nitrogens with two attached hydrogens (primary N) is 1. The van der Waals surface area contributed by atoms with Gasteiger partial charge in [-0.25, -0.2) is 0 Å². The Labute approximate surface area is 315 Å². The Morgan fingerprint density at radius 1 is 1.08 bits per heavy atom. The summed E-state index contributed by atoms with van der Waals surface area (Å²) in [7, 11) is 0. The van der Waals surface area contributed by atoms with E-state index in [-0.39, 0.29) is 41.2 Å². The first-order valence-corrected chi connectivity index (χ1v) is 21.0. The molecule has 1 aliphatic heterocycles. The number of guanidine groups is 1. The lowest BCUT2D eigenvalue weighted by Crippen LogP contribution is -2.51. The molecule has 1 spiro atoms. The molecule has 1 saturated heterocycles. The number of rotatable bonds is 10. The summed E-state index contributed by atoms with van der Waals surface area (Å²) in [5.74, 6) is 2.57. The lowest BCUT2D eigenvalue weighted by molar-refractivity contribution is -0.0716. The van der Waals surface area contributed by atoms with Gasteiger partial charge in [-0.2, -0.15) is 0 Å². The number of aliphatic hydroxyl groups excluding tert-OH is 3. The van der Waals surface area contributed by atoms with Crippen LogP contribution in [0.2, 0.25) is 0 Å². The van der Waals surface area contributed by atoms with E-state index in [9.17, 15) is 20.4 Å². The third kappa shape index (κ3) is 7.35. The highest BCUT2D eigenvalue weighted by Crippen LogP contribution is 2.69. The number of allylic oxidation sites excluding steroid dienone is 1. The maximum absolute atomic E-state index is 11.3. The van der Waals surface area contributed by atoms with Gasteiger partial charge in [0.25, 0.3) is 0 Å². The number of nitrogens with zero attached hydrogens (tertiary/aromatic N) is 1. The van der Waals surface area contributed by atoms with E-state index in [4.69, 9.17) is 14.9 Å². The minimum atomic E-state index is -0.718. The van der Waals surface area contributed by atoms with Gasteiger partial charge in [0.2, 0.25) is 0 Å². The number of nitrogens with one attached hydrogen (secondary N) is 1. The standard InChI is InChI=1S/C44H65N3O6/c1-41(33-9-8-30(21-33)38(50)47-40(45)46-19-13-29-5-3-6-32-26-52-27-36(29)32)25-35-31(14-20-48)23-43(39-42(2,53-39)16-12-37(35)41)17-10-28(22-43)11-18-44(51)15-4-7-34(49)24-44/h3,5-6,14,26-28,30,33-35,37-39,48-51H,4,7-13,15-25H2,1-2H3,(H3,45,46,47). The van der Waals surface area contributed by atoms with Crippen LogP contribution in [-0.4, -0.2) is 69.2 Å². The molecule has 0 amide bonds. The summed E-state index contributed by atoms with van der Waals surface area (Å²) < 4.78 is 12.1. The van der Waals surface area contributed by atoms with Crippen LogP contribution in [0.5, 0.6) is 0 Å². The lowest BCUT2D eigenvalue weighted by atomic mass is 9.46. The molecule has 12 unspecified atom stereocenters. The molecule has 53 heavy (non-hydrogen) atoms. The molecule has 2 heterocycles. The number of hydrogen-bond acceptors (Lipinski definition) is 7. The highest BCUT2D eigenvalue weighted by atomic mass is 16.6. The van der Waals surface area contributed by atoms with Crippen molar-refractivity contribution in [1.29, 1.82) is 0 Å². The zero-order chi connectivity index (χ0) is 37.0. The van der Waals surface area contributed by atoms with Crippen molar-refractivity contribution >= 4 is 16.7 Å². The van der Waals surface area contributed by atoms with Gasteiger partial charge in [-0.15, -0.1) is 0 Å². The molecule has 6 aliphatic rings. The number of hydrogen-bond donors (Lipinski definition) is 6. The molecule has 1 aromatic carbocycles. The molecule has 7 N–H and O–H groups in total. The van der Waals surface area contributed by atoms with Gasteiger partial charge in [0.1, 0.15) is 6.23 Å². The van der Waals surface area contributed by atoms with Crippen LogP contribution >= 0.6 is 0 Å². The van der Waals surface area contributed by atoms with Gasteiger partial charge in [-0.05, 0) is 144 Å². The van der Waals surface area contributed by atoms with E-state index in [1.165, 1.54) is 17.6 Å². The molecular weight excluding hydrogens is 666 g/mol. The molecule has 2 aromatic rings. The maximum atomic E-state index is 11.3. The van der Waals surface area contributed by atoms with Crippen LogP contribution < -0.4 is 11.1 Å². The van der Waals surface area contributed by atoms with Gasteiger partial charge in [0, 0.05) is 35.1 Å². The average Bonchev–Trinajstić information content (AvgIpc) is 3.59. The minimum absolute atomic E-state index is 0.0816. The van der Waals surface area contributed by atoms with Crippen LogP contribution in [0.3, 0.4) is 0 Å². The summed E-state index contributed by atoms with van der Waals surface area (Å²) in [4.78, 5) is 4.55. The van der Waals surface area contributed by atoms with Crippen molar-refractivity contribution in [3.05, 3.63) is 47.9 Å². The Morgan fingerprint density at radius 2 is 1.94 bits per heavy atom. The first-order chi connectivity index (χ1) is 25.4. The smallest absolute Gasteiger partial charge is 0.190 e. The largest absolute Gasteiger partial charge is 0.471 e. The predicted molar refractivity (Wildman–Crippen MR) is 207 cm³/mol. The number of benzene rings is 1. The number of epoxide rings is 1. The van der Waals surface area contributed by atoms with Crippen molar-refractivity contribution in [1.82, 2.24) is 5.32 Å². The fraction of sp³-hybridized carbons (Fsp3) is 0.750. The van der Waals surface area contributed by atoms with Crippen LogP contribution in [0.1, 0.15) is 122 Å². The maximum Gasteiger partial charge on any atom is 0.190 e. The van der Waals surface area contributed by atoms with E-state index in [0.717, 1.165) is 107 Å². The Kier molecular flexibility index (Phi) is 10.3. The molecule has 9 heteroatoms. The zero-order valence-corrected chi connectivity index (χ0v) is 32.1. The minimum Gasteiger partial charge on any atom is -0.471 e. The van der Waals surface area contributed by atoms with Gasteiger partial charge in [-0.3, -0.25) is 4.99 Å². The molecule has 5 saturated carbocycles. The van der Waals surface area contributed by atoms with E-state index in [1.807, 2.05) is 12.1 Å². The number of fused-ring (bicyclic) bond motifs is 4. The summed E-state index contributed by atoms with van der Waals surface area (Å²) in [6.07, 6.45) is 21.3. The molecule has 6 fully saturated rings. The monoisotopic (exact) mass is 731 g/mol. The van der Waals surface area contributed by atoms with Gasteiger partial charge in [0.05, 0.1) is 42.5 Å². The van der Waals surface area contributed by atoms with E-state index < -0.39 is 11.8 Å². The first-order valence-electron chi connectivity index (χ1n) is 21.0. The molecule has 8 rings (SSSR count). The van der Waals surface area contributed by atoms with Crippen LogP contribution in [0.15, 0.2) is 51.8 Å². The number of aliphatic imine (C=N–C) groups is 1. The van der Waals surface area contributed by atoms with Crippen LogP contribution in [0.4, 0.5) is 0 Å². The number of aliphatic hydroxyl groups is 4. The fourth-order valence-electron chi connectivity index (χ4n) is 12.8. The topological polar surface area (TPSA) is 157 Å². The Bertz CT molecular complexity index is 1670. The van der Waals surface area contributed by atoms with Crippen molar-refractivity contribution in [2.24, 2.45) is 51.1 Å². The summed E-state index contributed by atoms with van der Waals surface area (Å²) in [6, 6.07) is 6.16. The summed E-state index contributed by atoms with van der Waals surface area (Å²) in [5.41, 5.74) is 8.40. The predicted octanol–water partition coefficient (Wildman–Crippen LogP) is 6.75. The van der Waals surface area contributed by atoms with Crippen molar-refractivity contribution < 1.29 is 29.6 Å². The molecule has 292 valence electrons. The second kappa shape index (κ2) is 14.6. The third-order valence-corrected chi connectivity index (χ3v) is 15.8. The van der Waals surface area contributed by atoms with Crippen molar-refractivity contribution in [2.45, 2.75) is 153 Å². The molecule has 12 atom stereocenters. The second-order valence-electron chi connectivity index (χ2n) is 19.1. The SMILES string of the molecule is CC12CCC3C(CC3(C)C3CCC(C(O)NC(N)=NCCc4cccc5cocc45)C3)C(=CCO)CC3(CCC(CCC4(O)CCCC(O)C4)C3)C1O2. The number of furan rings is 1. The van der Waals surface area contributed by atoms with E-state index in [1.54, 1.807) is 12.5 Å². The van der Waals surface area contributed by atoms with Gasteiger partial charge in [-0.1, -0.05) is 36.8 Å².